The summed E-state index contributed by atoms with van der Waals surface area (Å²) in [5.41, 5.74) is 1.78. The van der Waals surface area contributed by atoms with E-state index in [1.54, 1.807) is 48.7 Å². The molecule has 4 aromatic rings. The zero-order valence-electron chi connectivity index (χ0n) is 13.6. The molecule has 0 bridgehead atoms. The quantitative estimate of drug-likeness (QED) is 0.337. The van der Waals surface area contributed by atoms with Crippen LogP contribution in [-0.2, 0) is 0 Å². The number of thiazole rings is 1. The number of aromatic nitrogens is 1. The standard InChI is InChI=1S/C20H10Cl2N2O2S/c21-13-3-5-16(22)15(9-13)18-6-4-14(26-18)8-12(10-23)20-24-17(11-27-20)19-2-1-7-25-19/h1-9,11H. The molecule has 7 heteroatoms. The smallest absolute Gasteiger partial charge is 0.153 e. The number of halogens is 2. The fourth-order valence-corrected chi connectivity index (χ4v) is 3.64. The highest BCUT2D eigenvalue weighted by Crippen LogP contribution is 2.33. The zero-order chi connectivity index (χ0) is 18.8. The summed E-state index contributed by atoms with van der Waals surface area (Å²) in [6.07, 6.45) is 3.23. The molecule has 0 aliphatic heterocycles. The Bertz CT molecular complexity index is 1170. The van der Waals surface area contributed by atoms with E-state index in [2.05, 4.69) is 11.1 Å². The van der Waals surface area contributed by atoms with Crippen LogP contribution in [0.3, 0.4) is 0 Å². The maximum Gasteiger partial charge on any atom is 0.153 e. The first kappa shape index (κ1) is 17.6. The van der Waals surface area contributed by atoms with Crippen molar-refractivity contribution >= 4 is 46.2 Å². The van der Waals surface area contributed by atoms with E-state index in [1.165, 1.54) is 11.3 Å². The molecule has 3 aromatic heterocycles. The molecule has 0 fully saturated rings. The Hall–Kier alpha value is -2.78. The lowest BCUT2D eigenvalue weighted by molar-refractivity contribution is 0.572. The van der Waals surface area contributed by atoms with Gasteiger partial charge in [0.1, 0.15) is 28.3 Å². The molecule has 0 saturated heterocycles. The Balaban J connectivity index is 1.65. The van der Waals surface area contributed by atoms with Crippen molar-refractivity contribution in [2.24, 2.45) is 0 Å². The van der Waals surface area contributed by atoms with Crippen LogP contribution in [-0.4, -0.2) is 4.98 Å². The van der Waals surface area contributed by atoms with Crippen LogP contribution < -0.4 is 0 Å². The maximum absolute atomic E-state index is 9.53. The fourth-order valence-electron chi connectivity index (χ4n) is 2.48. The summed E-state index contributed by atoms with van der Waals surface area (Å²) in [6.45, 7) is 0. The molecular formula is C20H10Cl2N2O2S. The normalized spacial score (nSPS) is 11.5. The highest BCUT2D eigenvalue weighted by molar-refractivity contribution is 7.11. The number of rotatable bonds is 4. The minimum atomic E-state index is 0.399. The van der Waals surface area contributed by atoms with Gasteiger partial charge in [0.15, 0.2) is 5.76 Å². The van der Waals surface area contributed by atoms with Crippen LogP contribution in [0.15, 0.2) is 62.9 Å². The molecule has 0 radical (unpaired) electrons. The number of allylic oxidation sites excluding steroid dienone is 1. The number of hydrogen-bond acceptors (Lipinski definition) is 5. The van der Waals surface area contributed by atoms with Crippen LogP contribution in [0.5, 0.6) is 0 Å². The lowest BCUT2D eigenvalue weighted by Gasteiger charge is -2.01. The number of nitrogens with zero attached hydrogens (tertiary/aromatic N) is 2. The topological polar surface area (TPSA) is 63.0 Å². The Morgan fingerprint density at radius 2 is 2.04 bits per heavy atom. The summed E-state index contributed by atoms with van der Waals surface area (Å²) in [4.78, 5) is 4.46. The van der Waals surface area contributed by atoms with Gasteiger partial charge in [0.25, 0.3) is 0 Å². The van der Waals surface area contributed by atoms with E-state index >= 15 is 0 Å². The number of benzene rings is 1. The molecular weight excluding hydrogens is 403 g/mol. The van der Waals surface area contributed by atoms with Crippen molar-refractivity contribution in [1.82, 2.24) is 4.98 Å². The van der Waals surface area contributed by atoms with Crippen LogP contribution in [0.1, 0.15) is 10.8 Å². The summed E-state index contributed by atoms with van der Waals surface area (Å²) in [5.74, 6) is 1.75. The second-order valence-electron chi connectivity index (χ2n) is 5.51. The molecule has 0 saturated carbocycles. The van der Waals surface area contributed by atoms with Gasteiger partial charge in [-0.15, -0.1) is 11.3 Å². The van der Waals surface area contributed by atoms with Crippen molar-refractivity contribution in [3.8, 4) is 28.8 Å². The van der Waals surface area contributed by atoms with Gasteiger partial charge in [0, 0.05) is 22.0 Å². The molecule has 0 aliphatic rings. The van der Waals surface area contributed by atoms with Crippen molar-refractivity contribution in [2.75, 3.05) is 0 Å². The van der Waals surface area contributed by atoms with Crippen LogP contribution in [0.4, 0.5) is 0 Å². The Morgan fingerprint density at radius 1 is 1.15 bits per heavy atom. The lowest BCUT2D eigenvalue weighted by atomic mass is 10.2. The van der Waals surface area contributed by atoms with Gasteiger partial charge in [0.05, 0.1) is 16.9 Å². The number of furan rings is 2. The molecule has 0 unspecified atom stereocenters. The average Bonchev–Trinajstić information content (AvgIpc) is 3.42. The first-order valence-corrected chi connectivity index (χ1v) is 9.44. The van der Waals surface area contributed by atoms with E-state index < -0.39 is 0 Å². The predicted octanol–water partition coefficient (Wildman–Crippen LogP) is 7.03. The summed E-state index contributed by atoms with van der Waals surface area (Å²) in [6, 6.07) is 14.5. The zero-order valence-corrected chi connectivity index (χ0v) is 16.0. The predicted molar refractivity (Wildman–Crippen MR) is 107 cm³/mol. The molecule has 3 heterocycles. The minimum absolute atomic E-state index is 0.399. The summed E-state index contributed by atoms with van der Waals surface area (Å²) >= 11 is 13.6. The minimum Gasteiger partial charge on any atom is -0.463 e. The van der Waals surface area contributed by atoms with Gasteiger partial charge in [-0.2, -0.15) is 5.26 Å². The molecule has 0 aliphatic carbocycles. The molecule has 132 valence electrons. The van der Waals surface area contributed by atoms with Gasteiger partial charge in [-0.3, -0.25) is 0 Å². The van der Waals surface area contributed by atoms with Gasteiger partial charge in [0.2, 0.25) is 0 Å². The molecule has 0 atom stereocenters. The molecule has 4 nitrogen and oxygen atoms in total. The van der Waals surface area contributed by atoms with Crippen molar-refractivity contribution in [2.45, 2.75) is 0 Å². The Kier molecular flexibility index (Phi) is 4.87. The van der Waals surface area contributed by atoms with Crippen molar-refractivity contribution in [3.63, 3.8) is 0 Å². The Labute approximate surface area is 168 Å². The average molecular weight is 413 g/mol. The first-order chi connectivity index (χ1) is 13.1. The van der Waals surface area contributed by atoms with E-state index in [-0.39, 0.29) is 0 Å². The molecule has 0 spiro atoms. The van der Waals surface area contributed by atoms with Gasteiger partial charge in [-0.1, -0.05) is 23.2 Å². The third-order valence-electron chi connectivity index (χ3n) is 3.74. The second-order valence-corrected chi connectivity index (χ2v) is 7.21. The molecule has 1 aromatic carbocycles. The first-order valence-electron chi connectivity index (χ1n) is 7.81. The van der Waals surface area contributed by atoms with E-state index in [9.17, 15) is 5.26 Å². The third-order valence-corrected chi connectivity index (χ3v) is 5.18. The van der Waals surface area contributed by atoms with Crippen LogP contribution in [0.25, 0.3) is 34.4 Å². The fraction of sp³-hybridized carbons (Fsp3) is 0. The summed E-state index contributed by atoms with van der Waals surface area (Å²) in [7, 11) is 0. The molecule has 4 rings (SSSR count). The SMILES string of the molecule is N#CC(=Cc1ccc(-c2cc(Cl)ccc2Cl)o1)c1nc(-c2ccco2)cs1. The van der Waals surface area contributed by atoms with Crippen LogP contribution >= 0.6 is 34.5 Å². The highest BCUT2D eigenvalue weighted by atomic mass is 35.5. The van der Waals surface area contributed by atoms with Crippen molar-refractivity contribution in [1.29, 1.82) is 5.26 Å². The van der Waals surface area contributed by atoms with Crippen molar-refractivity contribution in [3.05, 3.63) is 74.9 Å². The lowest BCUT2D eigenvalue weighted by Crippen LogP contribution is -1.81. The summed E-state index contributed by atoms with van der Waals surface area (Å²) in [5, 5.41) is 13.1. The van der Waals surface area contributed by atoms with Crippen LogP contribution in [0, 0.1) is 11.3 Å². The maximum atomic E-state index is 9.53. The Morgan fingerprint density at radius 3 is 2.81 bits per heavy atom. The van der Waals surface area contributed by atoms with Gasteiger partial charge >= 0.3 is 0 Å². The summed E-state index contributed by atoms with van der Waals surface area (Å²) < 4.78 is 11.2. The van der Waals surface area contributed by atoms with E-state index in [4.69, 9.17) is 32.0 Å². The number of hydrogen-bond donors (Lipinski definition) is 0. The highest BCUT2D eigenvalue weighted by Gasteiger charge is 2.13. The van der Waals surface area contributed by atoms with E-state index in [1.807, 2.05) is 11.4 Å². The molecule has 0 N–H and O–H groups in total. The van der Waals surface area contributed by atoms with Gasteiger partial charge in [-0.05, 0) is 42.5 Å². The van der Waals surface area contributed by atoms with Crippen molar-refractivity contribution < 1.29 is 8.83 Å². The van der Waals surface area contributed by atoms with Crippen LogP contribution in [0.2, 0.25) is 10.0 Å². The largest absolute Gasteiger partial charge is 0.463 e. The van der Waals surface area contributed by atoms with E-state index in [0.717, 1.165) is 0 Å². The van der Waals surface area contributed by atoms with E-state index in [0.29, 0.717) is 49.2 Å². The van der Waals surface area contributed by atoms with Gasteiger partial charge < -0.3 is 8.83 Å². The molecule has 27 heavy (non-hydrogen) atoms. The second kappa shape index (κ2) is 7.45. The molecule has 0 amide bonds. The third kappa shape index (κ3) is 3.69. The number of nitriles is 1. The van der Waals surface area contributed by atoms with Gasteiger partial charge in [-0.25, -0.2) is 4.98 Å². The monoisotopic (exact) mass is 412 g/mol.